The number of aromatic nitrogens is 1. The molecule has 0 aliphatic rings. The number of thiazole rings is 1. The molecule has 0 spiro atoms. The molecule has 12 heteroatoms. The minimum absolute atomic E-state index is 0.0502. The van der Waals surface area contributed by atoms with Crippen LogP contribution in [0.3, 0.4) is 0 Å². The summed E-state index contributed by atoms with van der Waals surface area (Å²) in [4.78, 5) is 31.3. The highest BCUT2D eigenvalue weighted by Crippen LogP contribution is 2.43. The number of carbonyl (C=O) groups excluding carboxylic acids is 2. The summed E-state index contributed by atoms with van der Waals surface area (Å²) in [6.07, 6.45) is 0. The molecular formula is C29H25N3O6S3. The van der Waals surface area contributed by atoms with Gasteiger partial charge in [0.15, 0.2) is 0 Å². The second-order valence-corrected chi connectivity index (χ2v) is 12.5. The summed E-state index contributed by atoms with van der Waals surface area (Å²) in [5, 5.41) is 4.01. The molecule has 1 amide bonds. The standard InChI is InChI=1S/C29H25N3O6S3/c1-4-38-29(34)25-17(2)24(27-30-22-10-5-6-11-23(22)39-27)28(40-25)31-26(33)18-8-7-9-19(16-18)32-41(35,36)21-14-12-20(37-3)13-15-21/h5-16,32H,4H2,1-3H3,(H,31,33). The molecule has 0 fully saturated rings. The average molecular weight is 608 g/mol. The Balaban J connectivity index is 1.45. The number of thiophene rings is 1. The number of nitrogens with zero attached hydrogens (tertiary/aromatic N) is 1. The van der Waals surface area contributed by atoms with Gasteiger partial charge in [-0.05, 0) is 74.0 Å². The molecule has 2 N–H and O–H groups in total. The van der Waals surface area contributed by atoms with Crippen molar-refractivity contribution in [3.8, 4) is 16.3 Å². The molecule has 5 rings (SSSR count). The van der Waals surface area contributed by atoms with Crippen molar-refractivity contribution in [2.75, 3.05) is 23.8 Å². The number of esters is 1. The summed E-state index contributed by atoms with van der Waals surface area (Å²) in [5.41, 5.74) is 2.55. The van der Waals surface area contributed by atoms with E-state index in [9.17, 15) is 18.0 Å². The van der Waals surface area contributed by atoms with E-state index in [4.69, 9.17) is 14.5 Å². The zero-order valence-corrected chi connectivity index (χ0v) is 24.7. The van der Waals surface area contributed by atoms with E-state index in [1.165, 1.54) is 36.6 Å². The first-order valence-electron chi connectivity index (χ1n) is 12.4. The topological polar surface area (TPSA) is 124 Å². The number of methoxy groups -OCH3 is 1. The monoisotopic (exact) mass is 607 g/mol. The number of fused-ring (bicyclic) bond motifs is 1. The lowest BCUT2D eigenvalue weighted by molar-refractivity contribution is 0.0531. The Hall–Kier alpha value is -4.26. The minimum atomic E-state index is -3.91. The molecule has 0 aliphatic heterocycles. The molecule has 3 aromatic carbocycles. The van der Waals surface area contributed by atoms with E-state index in [0.717, 1.165) is 21.6 Å². The summed E-state index contributed by atoms with van der Waals surface area (Å²) in [6.45, 7) is 3.75. The first kappa shape index (κ1) is 28.3. The quantitative estimate of drug-likeness (QED) is 0.182. The van der Waals surface area contributed by atoms with Crippen LogP contribution in [0.25, 0.3) is 20.8 Å². The maximum Gasteiger partial charge on any atom is 0.348 e. The zero-order valence-electron chi connectivity index (χ0n) is 22.3. The number of amides is 1. The van der Waals surface area contributed by atoms with Crippen molar-refractivity contribution < 1.29 is 27.5 Å². The number of hydrogen-bond donors (Lipinski definition) is 2. The predicted molar refractivity (Wildman–Crippen MR) is 162 cm³/mol. The molecule has 2 heterocycles. The molecule has 9 nitrogen and oxygen atoms in total. The van der Waals surface area contributed by atoms with Crippen molar-refractivity contribution in [1.29, 1.82) is 0 Å². The number of sulfonamides is 1. The van der Waals surface area contributed by atoms with Crippen LogP contribution in [0.15, 0.2) is 77.7 Å². The Bertz CT molecular complexity index is 1830. The smallest absolute Gasteiger partial charge is 0.348 e. The van der Waals surface area contributed by atoms with E-state index in [2.05, 4.69) is 10.0 Å². The van der Waals surface area contributed by atoms with Crippen molar-refractivity contribution >= 4 is 65.5 Å². The normalized spacial score (nSPS) is 11.3. The van der Waals surface area contributed by atoms with E-state index in [1.54, 1.807) is 44.2 Å². The number of benzene rings is 3. The lowest BCUT2D eigenvalue weighted by Crippen LogP contribution is -2.15. The first-order valence-corrected chi connectivity index (χ1v) is 15.6. The highest BCUT2D eigenvalue weighted by molar-refractivity contribution is 7.92. The van der Waals surface area contributed by atoms with Gasteiger partial charge in [0.1, 0.15) is 20.6 Å². The van der Waals surface area contributed by atoms with E-state index < -0.39 is 21.9 Å². The molecule has 0 saturated carbocycles. The zero-order chi connectivity index (χ0) is 29.1. The van der Waals surface area contributed by atoms with Crippen molar-refractivity contribution in [1.82, 2.24) is 4.98 Å². The Kier molecular flexibility index (Phi) is 8.06. The summed E-state index contributed by atoms with van der Waals surface area (Å²) in [5.74, 6) is -0.426. The average Bonchev–Trinajstić information content (AvgIpc) is 3.53. The van der Waals surface area contributed by atoms with Crippen LogP contribution in [-0.2, 0) is 14.8 Å². The summed E-state index contributed by atoms with van der Waals surface area (Å²) in [7, 11) is -2.41. The third-order valence-electron chi connectivity index (χ3n) is 6.09. The van der Waals surface area contributed by atoms with Crippen molar-refractivity contribution in [3.05, 3.63) is 88.8 Å². The molecule has 0 aliphatic carbocycles. The largest absolute Gasteiger partial charge is 0.497 e. The van der Waals surface area contributed by atoms with Gasteiger partial charge in [0.05, 0.1) is 28.8 Å². The molecule has 0 unspecified atom stereocenters. The molecule has 0 radical (unpaired) electrons. The number of carbonyl (C=O) groups is 2. The Morgan fingerprint density at radius 2 is 1.73 bits per heavy atom. The molecular weight excluding hydrogens is 583 g/mol. The van der Waals surface area contributed by atoms with Gasteiger partial charge in [-0.25, -0.2) is 18.2 Å². The molecule has 0 atom stereocenters. The van der Waals surface area contributed by atoms with Gasteiger partial charge in [0.25, 0.3) is 15.9 Å². The van der Waals surface area contributed by atoms with Gasteiger partial charge in [-0.3, -0.25) is 9.52 Å². The van der Waals surface area contributed by atoms with Crippen LogP contribution in [0.4, 0.5) is 10.7 Å². The van der Waals surface area contributed by atoms with Crippen molar-refractivity contribution in [2.45, 2.75) is 18.7 Å². The predicted octanol–water partition coefficient (Wildman–Crippen LogP) is 6.57. The van der Waals surface area contributed by atoms with Crippen LogP contribution in [0, 0.1) is 6.92 Å². The van der Waals surface area contributed by atoms with E-state index in [0.29, 0.717) is 31.8 Å². The second-order valence-electron chi connectivity index (χ2n) is 8.78. The Morgan fingerprint density at radius 1 is 0.976 bits per heavy atom. The Morgan fingerprint density at radius 3 is 2.44 bits per heavy atom. The maximum atomic E-state index is 13.4. The maximum absolute atomic E-state index is 13.4. The van der Waals surface area contributed by atoms with E-state index in [1.807, 2.05) is 24.3 Å². The fourth-order valence-corrected chi connectivity index (χ4v) is 7.38. The fraction of sp³-hybridized carbons (Fsp3) is 0.138. The van der Waals surface area contributed by atoms with Crippen LogP contribution in [0.2, 0.25) is 0 Å². The van der Waals surface area contributed by atoms with Crippen molar-refractivity contribution in [2.24, 2.45) is 0 Å². The number of nitrogens with one attached hydrogen (secondary N) is 2. The minimum Gasteiger partial charge on any atom is -0.497 e. The molecule has 0 bridgehead atoms. The summed E-state index contributed by atoms with van der Waals surface area (Å²) < 4.78 is 39.6. The van der Waals surface area contributed by atoms with Crippen LogP contribution in [-0.4, -0.2) is 39.0 Å². The summed E-state index contributed by atoms with van der Waals surface area (Å²) >= 11 is 2.57. The van der Waals surface area contributed by atoms with E-state index >= 15 is 0 Å². The molecule has 2 aromatic heterocycles. The van der Waals surface area contributed by atoms with Gasteiger partial charge in [0, 0.05) is 16.8 Å². The highest BCUT2D eigenvalue weighted by atomic mass is 32.2. The van der Waals surface area contributed by atoms with E-state index in [-0.39, 0.29) is 22.8 Å². The third kappa shape index (κ3) is 5.94. The molecule has 41 heavy (non-hydrogen) atoms. The number of hydrogen-bond acceptors (Lipinski definition) is 9. The highest BCUT2D eigenvalue weighted by Gasteiger charge is 2.26. The lowest BCUT2D eigenvalue weighted by atomic mass is 10.1. The number of anilines is 2. The van der Waals surface area contributed by atoms with Crippen LogP contribution in [0.5, 0.6) is 5.75 Å². The van der Waals surface area contributed by atoms with Gasteiger partial charge in [-0.2, -0.15) is 0 Å². The molecule has 5 aromatic rings. The fourth-order valence-electron chi connectivity index (χ4n) is 4.10. The van der Waals surface area contributed by atoms with Gasteiger partial charge in [-0.15, -0.1) is 22.7 Å². The summed E-state index contributed by atoms with van der Waals surface area (Å²) in [6, 6.07) is 19.8. The van der Waals surface area contributed by atoms with Gasteiger partial charge >= 0.3 is 5.97 Å². The van der Waals surface area contributed by atoms with Gasteiger partial charge in [0.2, 0.25) is 0 Å². The van der Waals surface area contributed by atoms with Crippen LogP contribution in [0.1, 0.15) is 32.5 Å². The number of para-hydroxylation sites is 1. The van der Waals surface area contributed by atoms with Crippen LogP contribution >= 0.6 is 22.7 Å². The van der Waals surface area contributed by atoms with Crippen molar-refractivity contribution in [3.63, 3.8) is 0 Å². The number of ether oxygens (including phenoxy) is 2. The first-order chi connectivity index (χ1) is 19.7. The second kappa shape index (κ2) is 11.7. The SMILES string of the molecule is CCOC(=O)c1sc(NC(=O)c2cccc(NS(=O)(=O)c3ccc(OC)cc3)c2)c(-c2nc3ccccc3s2)c1C. The lowest BCUT2D eigenvalue weighted by Gasteiger charge is -2.10. The number of rotatable bonds is 9. The molecule has 0 saturated heterocycles. The molecule has 210 valence electrons. The van der Waals surface area contributed by atoms with Crippen LogP contribution < -0.4 is 14.8 Å². The van der Waals surface area contributed by atoms with Gasteiger partial charge < -0.3 is 14.8 Å². The van der Waals surface area contributed by atoms with Gasteiger partial charge in [-0.1, -0.05) is 18.2 Å². The third-order valence-corrected chi connectivity index (χ3v) is 9.73. The Labute approximate surface area is 244 Å².